The maximum Gasteiger partial charge on any atom is 0.0747 e. The number of rotatable bonds is 5. The van der Waals surface area contributed by atoms with E-state index in [1.807, 2.05) is 13.8 Å². The lowest BCUT2D eigenvalue weighted by Gasteiger charge is -2.27. The van der Waals surface area contributed by atoms with Crippen molar-refractivity contribution in [3.8, 4) is 0 Å². The number of aliphatic hydroxyl groups excluding tert-OH is 1. The van der Waals surface area contributed by atoms with Crippen LogP contribution in [0.4, 0.5) is 0 Å². The Morgan fingerprint density at radius 2 is 2.06 bits per heavy atom. The predicted molar refractivity (Wildman–Crippen MR) is 71.7 cm³/mol. The zero-order valence-electron chi connectivity index (χ0n) is 11.4. The molecule has 2 nitrogen and oxygen atoms in total. The molecule has 0 amide bonds. The van der Waals surface area contributed by atoms with Crippen LogP contribution in [-0.2, 0) is 0 Å². The van der Waals surface area contributed by atoms with Gasteiger partial charge in [0, 0.05) is 0 Å². The summed E-state index contributed by atoms with van der Waals surface area (Å²) in [6.45, 7) is 13.7. The van der Waals surface area contributed by atoms with E-state index in [1.165, 1.54) is 0 Å². The lowest BCUT2D eigenvalue weighted by Crippen LogP contribution is -2.29. The van der Waals surface area contributed by atoms with Gasteiger partial charge in [-0.15, -0.1) is 0 Å². The topological polar surface area (TPSA) is 40.5 Å². The van der Waals surface area contributed by atoms with Crippen molar-refractivity contribution in [2.24, 2.45) is 11.8 Å². The van der Waals surface area contributed by atoms with Crippen LogP contribution in [0.2, 0.25) is 0 Å². The highest BCUT2D eigenvalue weighted by Crippen LogP contribution is 2.44. The van der Waals surface area contributed by atoms with Crippen LogP contribution in [0.3, 0.4) is 0 Å². The first kappa shape index (κ1) is 14.5. The summed E-state index contributed by atoms with van der Waals surface area (Å²) < 4.78 is 0. The summed E-state index contributed by atoms with van der Waals surface area (Å²) in [6.07, 6.45) is 2.94. The molecule has 0 aliphatic heterocycles. The van der Waals surface area contributed by atoms with Gasteiger partial charge in [0.2, 0.25) is 0 Å². The van der Waals surface area contributed by atoms with Crippen LogP contribution in [-0.4, -0.2) is 21.9 Å². The molecule has 1 rings (SSSR count). The average Bonchev–Trinajstić information content (AvgIpc) is 2.50. The van der Waals surface area contributed by atoms with Gasteiger partial charge in [0.25, 0.3) is 0 Å². The molecule has 0 spiro atoms. The molecule has 0 aromatic heterocycles. The molecule has 17 heavy (non-hydrogen) atoms. The third kappa shape index (κ3) is 3.43. The largest absolute Gasteiger partial charge is 0.390 e. The lowest BCUT2D eigenvalue weighted by molar-refractivity contribution is 0.0213. The second-order valence-corrected chi connectivity index (χ2v) is 5.85. The highest BCUT2D eigenvalue weighted by molar-refractivity contribution is 5.10. The summed E-state index contributed by atoms with van der Waals surface area (Å²) in [4.78, 5) is 0. The fourth-order valence-electron chi connectivity index (χ4n) is 2.67. The Morgan fingerprint density at radius 1 is 1.47 bits per heavy atom. The Bertz CT molecular complexity index is 304. The first-order valence-electron chi connectivity index (χ1n) is 6.49. The second-order valence-electron chi connectivity index (χ2n) is 5.85. The van der Waals surface area contributed by atoms with Crippen molar-refractivity contribution in [2.75, 3.05) is 0 Å². The van der Waals surface area contributed by atoms with Crippen molar-refractivity contribution < 1.29 is 10.2 Å². The molecule has 0 heterocycles. The van der Waals surface area contributed by atoms with Gasteiger partial charge in [-0.25, -0.2) is 0 Å². The van der Waals surface area contributed by atoms with Gasteiger partial charge < -0.3 is 10.2 Å². The second kappa shape index (κ2) is 5.36. The molecule has 2 N–H and O–H groups in total. The lowest BCUT2D eigenvalue weighted by atomic mass is 9.83. The highest BCUT2D eigenvalue weighted by Gasteiger charge is 2.41. The quantitative estimate of drug-likeness (QED) is 0.723. The minimum atomic E-state index is -0.555. The van der Waals surface area contributed by atoms with E-state index in [2.05, 4.69) is 20.1 Å². The third-order valence-corrected chi connectivity index (χ3v) is 4.38. The molecular weight excluding hydrogens is 212 g/mol. The van der Waals surface area contributed by atoms with E-state index >= 15 is 0 Å². The third-order valence-electron chi connectivity index (χ3n) is 4.38. The summed E-state index contributed by atoms with van der Waals surface area (Å²) in [5, 5.41) is 19.8. The maximum absolute atomic E-state index is 10.1. The van der Waals surface area contributed by atoms with Gasteiger partial charge >= 0.3 is 0 Å². The van der Waals surface area contributed by atoms with Gasteiger partial charge in [-0.1, -0.05) is 31.2 Å². The van der Waals surface area contributed by atoms with Crippen LogP contribution in [0.25, 0.3) is 0 Å². The van der Waals surface area contributed by atoms with Gasteiger partial charge in [-0.05, 0) is 51.4 Å². The van der Waals surface area contributed by atoms with E-state index < -0.39 is 11.7 Å². The minimum absolute atomic E-state index is 0.261. The van der Waals surface area contributed by atoms with Gasteiger partial charge in [0.05, 0.1) is 11.7 Å². The van der Waals surface area contributed by atoms with Crippen LogP contribution in [0.15, 0.2) is 24.3 Å². The Balaban J connectivity index is 2.47. The van der Waals surface area contributed by atoms with Crippen LogP contribution in [0.1, 0.15) is 46.5 Å². The van der Waals surface area contributed by atoms with Gasteiger partial charge in [0.1, 0.15) is 0 Å². The Labute approximate surface area is 105 Å². The summed E-state index contributed by atoms with van der Waals surface area (Å²) in [5.74, 6) is 0.652. The number of allylic oxidation sites excluding steroid dienone is 1. The van der Waals surface area contributed by atoms with Crippen molar-refractivity contribution in [2.45, 2.75) is 58.2 Å². The summed E-state index contributed by atoms with van der Waals surface area (Å²) in [5.41, 5.74) is 1.42. The Morgan fingerprint density at radius 3 is 2.47 bits per heavy atom. The minimum Gasteiger partial charge on any atom is -0.390 e. The molecule has 0 aromatic carbocycles. The zero-order valence-corrected chi connectivity index (χ0v) is 11.4. The van der Waals surface area contributed by atoms with E-state index in [0.29, 0.717) is 12.3 Å². The molecular formula is C15H26O2. The predicted octanol–water partition coefficient (Wildman–Crippen LogP) is 3.06. The molecule has 4 atom stereocenters. The molecule has 1 fully saturated rings. The van der Waals surface area contributed by atoms with Gasteiger partial charge in [0.15, 0.2) is 0 Å². The maximum atomic E-state index is 10.1. The molecule has 98 valence electrons. The zero-order chi connectivity index (χ0) is 13.2. The van der Waals surface area contributed by atoms with Gasteiger partial charge in [-0.2, -0.15) is 0 Å². The number of hydrogen-bond acceptors (Lipinski definition) is 2. The van der Waals surface area contributed by atoms with E-state index in [1.54, 1.807) is 0 Å². The molecule has 1 unspecified atom stereocenters. The van der Waals surface area contributed by atoms with Crippen molar-refractivity contribution in [1.29, 1.82) is 0 Å². The summed E-state index contributed by atoms with van der Waals surface area (Å²) in [6, 6.07) is 0. The molecule has 0 saturated heterocycles. The number of hydrogen-bond donors (Lipinski definition) is 2. The summed E-state index contributed by atoms with van der Waals surface area (Å²) >= 11 is 0. The SMILES string of the molecule is C=C(C)C(O)CCC(=C)[C@@H]1CC[C@@](C)(O)[C@H]1C. The number of aliphatic hydroxyl groups is 2. The first-order chi connectivity index (χ1) is 7.75. The van der Waals surface area contributed by atoms with E-state index in [0.717, 1.165) is 30.4 Å². The molecule has 0 radical (unpaired) electrons. The Hall–Kier alpha value is -0.600. The monoisotopic (exact) mass is 238 g/mol. The van der Waals surface area contributed by atoms with Crippen LogP contribution < -0.4 is 0 Å². The van der Waals surface area contributed by atoms with Crippen LogP contribution >= 0.6 is 0 Å². The first-order valence-corrected chi connectivity index (χ1v) is 6.49. The summed E-state index contributed by atoms with van der Waals surface area (Å²) in [7, 11) is 0. The Kier molecular flexibility index (Phi) is 4.56. The standard InChI is InChI=1S/C15H26O2/c1-10(2)14(16)7-6-11(3)13-8-9-15(5,17)12(13)4/h12-14,16-17H,1,3,6-9H2,2,4-5H3/t12-,13-,14?,15+/m0/s1. The smallest absolute Gasteiger partial charge is 0.0747 e. The van der Waals surface area contributed by atoms with E-state index in [9.17, 15) is 10.2 Å². The van der Waals surface area contributed by atoms with E-state index in [-0.39, 0.29) is 5.92 Å². The highest BCUT2D eigenvalue weighted by atomic mass is 16.3. The molecule has 2 heteroatoms. The van der Waals surface area contributed by atoms with Gasteiger partial charge in [-0.3, -0.25) is 0 Å². The van der Waals surface area contributed by atoms with Crippen molar-refractivity contribution >= 4 is 0 Å². The molecule has 1 saturated carbocycles. The molecule has 1 aliphatic carbocycles. The van der Waals surface area contributed by atoms with Crippen LogP contribution in [0.5, 0.6) is 0 Å². The fraction of sp³-hybridized carbons (Fsp3) is 0.733. The van der Waals surface area contributed by atoms with E-state index in [4.69, 9.17) is 0 Å². The van der Waals surface area contributed by atoms with Crippen LogP contribution in [0, 0.1) is 11.8 Å². The average molecular weight is 238 g/mol. The fourth-order valence-corrected chi connectivity index (χ4v) is 2.67. The molecule has 1 aliphatic rings. The molecule has 0 aromatic rings. The normalized spacial score (nSPS) is 34.6. The van der Waals surface area contributed by atoms with Crippen molar-refractivity contribution in [3.05, 3.63) is 24.3 Å². The van der Waals surface area contributed by atoms with Crippen molar-refractivity contribution in [1.82, 2.24) is 0 Å². The molecule has 0 bridgehead atoms. The van der Waals surface area contributed by atoms with Crippen molar-refractivity contribution in [3.63, 3.8) is 0 Å².